The van der Waals surface area contributed by atoms with Gasteiger partial charge >= 0.3 is 0 Å². The number of carbonyl (C=O) groups excluding carboxylic acids is 1. The molecule has 15 heavy (non-hydrogen) atoms. The van der Waals surface area contributed by atoms with Crippen molar-refractivity contribution >= 4 is 17.2 Å². The van der Waals surface area contributed by atoms with Gasteiger partial charge in [-0.25, -0.2) is 4.98 Å². The quantitative estimate of drug-likeness (QED) is 0.795. The number of aromatic nitrogens is 1. The topological polar surface area (TPSA) is 42.0 Å². The molecule has 1 aromatic rings. The first-order chi connectivity index (χ1) is 7.20. The van der Waals surface area contributed by atoms with Gasteiger partial charge in [-0.3, -0.25) is 4.79 Å². The van der Waals surface area contributed by atoms with Crippen molar-refractivity contribution in [1.29, 1.82) is 0 Å². The molecule has 1 aliphatic carbocycles. The van der Waals surface area contributed by atoms with Crippen molar-refractivity contribution < 1.29 is 4.79 Å². The molecule has 1 N–H and O–H groups in total. The van der Waals surface area contributed by atoms with Crippen molar-refractivity contribution in [1.82, 2.24) is 10.3 Å². The van der Waals surface area contributed by atoms with Crippen molar-refractivity contribution in [2.24, 2.45) is 0 Å². The lowest BCUT2D eigenvalue weighted by atomic mass is 10.2. The first-order valence-electron chi connectivity index (χ1n) is 5.09. The number of amides is 1. The minimum atomic E-state index is -0.150. The van der Waals surface area contributed by atoms with E-state index in [9.17, 15) is 4.79 Å². The van der Waals surface area contributed by atoms with Crippen molar-refractivity contribution in [3.8, 4) is 0 Å². The molecule has 1 heterocycles. The van der Waals surface area contributed by atoms with E-state index >= 15 is 0 Å². The van der Waals surface area contributed by atoms with Crippen LogP contribution in [-0.4, -0.2) is 10.9 Å². The van der Waals surface area contributed by atoms with Crippen LogP contribution in [0.2, 0.25) is 0 Å². The molecule has 1 aromatic heterocycles. The van der Waals surface area contributed by atoms with E-state index in [1.54, 1.807) is 11.3 Å². The fraction of sp³-hybridized carbons (Fsp3) is 0.455. The Morgan fingerprint density at radius 3 is 3.13 bits per heavy atom. The smallest absolute Gasteiger partial charge is 0.243 e. The predicted molar refractivity (Wildman–Crippen MR) is 60.8 cm³/mol. The predicted octanol–water partition coefficient (Wildman–Crippen LogP) is 2.38. The maximum Gasteiger partial charge on any atom is 0.243 e. The van der Waals surface area contributed by atoms with E-state index in [2.05, 4.69) is 16.9 Å². The Hall–Kier alpha value is -1.16. The summed E-state index contributed by atoms with van der Waals surface area (Å²) in [4.78, 5) is 15.6. The summed E-state index contributed by atoms with van der Waals surface area (Å²) in [5, 5.41) is 6.05. The monoisotopic (exact) mass is 222 g/mol. The third kappa shape index (κ3) is 2.45. The van der Waals surface area contributed by atoms with Crippen LogP contribution < -0.4 is 5.32 Å². The summed E-state index contributed by atoms with van der Waals surface area (Å²) in [7, 11) is 0. The lowest BCUT2D eigenvalue weighted by molar-refractivity contribution is -0.117. The van der Waals surface area contributed by atoms with Gasteiger partial charge in [-0.15, -0.1) is 11.3 Å². The minimum Gasteiger partial charge on any atom is -0.344 e. The van der Waals surface area contributed by atoms with Crippen LogP contribution in [0.15, 0.2) is 18.0 Å². The Labute approximate surface area is 93.2 Å². The molecule has 3 nitrogen and oxygen atoms in total. The van der Waals surface area contributed by atoms with Crippen molar-refractivity contribution in [3.63, 3.8) is 0 Å². The van der Waals surface area contributed by atoms with Crippen LogP contribution in [0.5, 0.6) is 0 Å². The molecule has 2 rings (SSSR count). The molecule has 0 aromatic carbocycles. The highest BCUT2D eigenvalue weighted by atomic mass is 32.1. The summed E-state index contributed by atoms with van der Waals surface area (Å²) in [6, 6.07) is -0.0285. The second-order valence-electron chi connectivity index (χ2n) is 3.82. The SMILES string of the molecule is C=CC(=O)NC(C)c1csc(C2CC2)n1. The molecule has 1 saturated carbocycles. The molecular weight excluding hydrogens is 208 g/mol. The van der Waals surface area contributed by atoms with E-state index in [4.69, 9.17) is 0 Å². The molecule has 1 aliphatic rings. The summed E-state index contributed by atoms with van der Waals surface area (Å²) < 4.78 is 0. The fourth-order valence-electron chi connectivity index (χ4n) is 1.36. The Morgan fingerprint density at radius 1 is 1.80 bits per heavy atom. The van der Waals surface area contributed by atoms with Crippen LogP contribution in [0.25, 0.3) is 0 Å². The summed E-state index contributed by atoms with van der Waals surface area (Å²) in [5.74, 6) is 0.537. The lowest BCUT2D eigenvalue weighted by Crippen LogP contribution is -2.24. The van der Waals surface area contributed by atoms with E-state index in [1.807, 2.05) is 12.3 Å². The molecule has 1 unspecified atom stereocenters. The molecule has 4 heteroatoms. The maximum absolute atomic E-state index is 11.1. The van der Waals surface area contributed by atoms with Crippen LogP contribution in [0, 0.1) is 0 Å². The number of thiazole rings is 1. The number of rotatable bonds is 4. The molecule has 1 amide bonds. The number of nitrogens with one attached hydrogen (secondary N) is 1. The van der Waals surface area contributed by atoms with E-state index in [0.717, 1.165) is 5.69 Å². The second-order valence-corrected chi connectivity index (χ2v) is 4.71. The van der Waals surface area contributed by atoms with Gasteiger partial charge in [0, 0.05) is 11.3 Å². The van der Waals surface area contributed by atoms with E-state index in [0.29, 0.717) is 5.92 Å². The highest BCUT2D eigenvalue weighted by Crippen LogP contribution is 2.41. The van der Waals surface area contributed by atoms with Crippen LogP contribution in [0.4, 0.5) is 0 Å². The van der Waals surface area contributed by atoms with Crippen LogP contribution >= 0.6 is 11.3 Å². The van der Waals surface area contributed by atoms with Crippen molar-refractivity contribution in [3.05, 3.63) is 28.7 Å². The van der Waals surface area contributed by atoms with Crippen molar-refractivity contribution in [2.45, 2.75) is 31.7 Å². The summed E-state index contributed by atoms with van der Waals surface area (Å²) in [6.45, 7) is 5.36. The molecule has 0 saturated heterocycles. The molecular formula is C11H14N2OS. The molecule has 1 atom stereocenters. The highest BCUT2D eigenvalue weighted by molar-refractivity contribution is 7.09. The number of hydrogen-bond acceptors (Lipinski definition) is 3. The van der Waals surface area contributed by atoms with Gasteiger partial charge in [-0.05, 0) is 25.8 Å². The standard InChI is InChI=1S/C11H14N2OS/c1-3-10(14)12-7(2)9-6-15-11(13-9)8-4-5-8/h3,6-8H,1,4-5H2,2H3,(H,12,14). The van der Waals surface area contributed by atoms with Crippen LogP contribution in [0.1, 0.15) is 42.4 Å². The third-order valence-electron chi connectivity index (χ3n) is 2.45. The second kappa shape index (κ2) is 4.14. The Balaban J connectivity index is 2.01. The molecule has 0 radical (unpaired) electrons. The number of carbonyl (C=O) groups is 1. The molecule has 0 bridgehead atoms. The van der Waals surface area contributed by atoms with E-state index < -0.39 is 0 Å². The first kappa shape index (κ1) is 10.4. The summed E-state index contributed by atoms with van der Waals surface area (Å²) in [6.07, 6.45) is 3.81. The third-order valence-corrected chi connectivity index (χ3v) is 3.48. The molecule has 0 spiro atoms. The fourth-order valence-corrected chi connectivity index (χ4v) is 2.45. The highest BCUT2D eigenvalue weighted by Gasteiger charge is 2.27. The first-order valence-corrected chi connectivity index (χ1v) is 5.97. The van der Waals surface area contributed by atoms with E-state index in [1.165, 1.54) is 23.9 Å². The van der Waals surface area contributed by atoms with Gasteiger partial charge in [0.25, 0.3) is 0 Å². The average molecular weight is 222 g/mol. The van der Waals surface area contributed by atoms with Gasteiger partial charge in [-0.1, -0.05) is 6.58 Å². The van der Waals surface area contributed by atoms with Gasteiger partial charge in [-0.2, -0.15) is 0 Å². The van der Waals surface area contributed by atoms with Crippen LogP contribution in [0.3, 0.4) is 0 Å². The maximum atomic E-state index is 11.1. The van der Waals surface area contributed by atoms with Gasteiger partial charge in [0.15, 0.2) is 0 Å². The Morgan fingerprint density at radius 2 is 2.53 bits per heavy atom. The minimum absolute atomic E-state index is 0.0285. The lowest BCUT2D eigenvalue weighted by Gasteiger charge is -2.08. The average Bonchev–Trinajstić information content (AvgIpc) is 2.96. The summed E-state index contributed by atoms with van der Waals surface area (Å²) in [5.41, 5.74) is 0.956. The van der Waals surface area contributed by atoms with Gasteiger partial charge in [0.2, 0.25) is 5.91 Å². The van der Waals surface area contributed by atoms with Gasteiger partial charge in [0.05, 0.1) is 16.7 Å². The Kier molecular flexibility index (Phi) is 2.86. The zero-order chi connectivity index (χ0) is 10.8. The van der Waals surface area contributed by atoms with Gasteiger partial charge in [0.1, 0.15) is 0 Å². The molecule has 0 aliphatic heterocycles. The van der Waals surface area contributed by atoms with E-state index in [-0.39, 0.29) is 11.9 Å². The Bertz CT molecular complexity index is 382. The molecule has 1 fully saturated rings. The number of nitrogens with zero attached hydrogens (tertiary/aromatic N) is 1. The van der Waals surface area contributed by atoms with Crippen molar-refractivity contribution in [2.75, 3.05) is 0 Å². The largest absolute Gasteiger partial charge is 0.344 e. The summed E-state index contributed by atoms with van der Waals surface area (Å²) >= 11 is 1.69. The molecule has 80 valence electrons. The zero-order valence-electron chi connectivity index (χ0n) is 8.69. The number of hydrogen-bond donors (Lipinski definition) is 1. The zero-order valence-corrected chi connectivity index (χ0v) is 9.51. The van der Waals surface area contributed by atoms with Gasteiger partial charge < -0.3 is 5.32 Å². The normalized spacial score (nSPS) is 17.1. The van der Waals surface area contributed by atoms with Crippen LogP contribution in [-0.2, 0) is 4.79 Å².